The van der Waals surface area contributed by atoms with E-state index in [4.69, 9.17) is 10.2 Å². The zero-order valence-electron chi connectivity index (χ0n) is 14.9. The standard InChI is InChI=1S/C18H26N2O4S/c1-4-11-13(5-2)24-14-7-8-20-12(16(11)14)9-18(23,17(21)22)15(19)10-25-6-3/h7-8,15,23H,4-6,9-10,19H2,1-3H3,(H,21,22). The number of carboxylic acids is 1. The maximum absolute atomic E-state index is 11.8. The normalized spacial score (nSPS) is 15.2. The molecule has 2 unspecified atom stereocenters. The highest BCUT2D eigenvalue weighted by atomic mass is 32.2. The number of aromatic nitrogens is 1. The second kappa shape index (κ2) is 8.21. The number of thioether (sulfide) groups is 1. The Morgan fingerprint density at radius 2 is 2.12 bits per heavy atom. The predicted octanol–water partition coefficient (Wildman–Crippen LogP) is 2.39. The quantitative estimate of drug-likeness (QED) is 0.625. The van der Waals surface area contributed by atoms with Gasteiger partial charge in [0.05, 0.1) is 11.7 Å². The minimum Gasteiger partial charge on any atom is -0.479 e. The Morgan fingerprint density at radius 1 is 1.40 bits per heavy atom. The molecule has 25 heavy (non-hydrogen) atoms. The van der Waals surface area contributed by atoms with Crippen LogP contribution in [-0.4, -0.2) is 44.3 Å². The second-order valence-electron chi connectivity index (χ2n) is 6.01. The van der Waals surface area contributed by atoms with E-state index in [1.54, 1.807) is 12.3 Å². The fourth-order valence-corrected chi connectivity index (χ4v) is 3.79. The molecule has 0 aromatic carbocycles. The molecule has 7 heteroatoms. The van der Waals surface area contributed by atoms with Crippen LogP contribution in [0.2, 0.25) is 0 Å². The van der Waals surface area contributed by atoms with E-state index >= 15 is 0 Å². The van der Waals surface area contributed by atoms with Gasteiger partial charge in [-0.05, 0) is 18.2 Å². The fraction of sp³-hybridized carbons (Fsp3) is 0.556. The van der Waals surface area contributed by atoms with Gasteiger partial charge in [0, 0.05) is 35.7 Å². The minimum atomic E-state index is -2.07. The molecule has 0 saturated heterocycles. The molecule has 138 valence electrons. The van der Waals surface area contributed by atoms with Crippen molar-refractivity contribution in [1.29, 1.82) is 0 Å². The van der Waals surface area contributed by atoms with Gasteiger partial charge in [-0.2, -0.15) is 11.8 Å². The van der Waals surface area contributed by atoms with Crippen LogP contribution in [0, 0.1) is 0 Å². The summed E-state index contributed by atoms with van der Waals surface area (Å²) >= 11 is 1.50. The second-order valence-corrected chi connectivity index (χ2v) is 7.33. The fourth-order valence-electron chi connectivity index (χ4n) is 3.02. The lowest BCUT2D eigenvalue weighted by molar-refractivity contribution is -0.160. The van der Waals surface area contributed by atoms with E-state index in [0.29, 0.717) is 17.0 Å². The summed E-state index contributed by atoms with van der Waals surface area (Å²) in [6.07, 6.45) is 2.92. The van der Waals surface area contributed by atoms with Crippen LogP contribution in [0.5, 0.6) is 0 Å². The van der Waals surface area contributed by atoms with Crippen LogP contribution in [-0.2, 0) is 24.1 Å². The Morgan fingerprint density at radius 3 is 2.68 bits per heavy atom. The smallest absolute Gasteiger partial charge is 0.337 e. The number of aliphatic carboxylic acids is 1. The maximum Gasteiger partial charge on any atom is 0.337 e. The molecular weight excluding hydrogens is 340 g/mol. The van der Waals surface area contributed by atoms with Gasteiger partial charge in [-0.15, -0.1) is 0 Å². The summed E-state index contributed by atoms with van der Waals surface area (Å²) in [6.45, 7) is 5.99. The van der Waals surface area contributed by atoms with Gasteiger partial charge in [0.2, 0.25) is 0 Å². The average molecular weight is 366 g/mol. The number of nitrogens with two attached hydrogens (primary N) is 1. The molecule has 0 aliphatic rings. The Balaban J connectivity index is 2.49. The highest BCUT2D eigenvalue weighted by molar-refractivity contribution is 7.99. The van der Waals surface area contributed by atoms with Crippen molar-refractivity contribution in [2.75, 3.05) is 11.5 Å². The highest BCUT2D eigenvalue weighted by Crippen LogP contribution is 2.31. The lowest BCUT2D eigenvalue weighted by Gasteiger charge is -2.29. The lowest BCUT2D eigenvalue weighted by Crippen LogP contribution is -2.57. The number of hydrogen-bond acceptors (Lipinski definition) is 6. The van der Waals surface area contributed by atoms with Crippen LogP contribution in [0.1, 0.15) is 37.8 Å². The van der Waals surface area contributed by atoms with Crippen LogP contribution in [0.4, 0.5) is 0 Å². The SMILES string of the molecule is CCSCC(N)C(O)(Cc1nccc2oc(CC)c(CC)c12)C(=O)O. The van der Waals surface area contributed by atoms with E-state index in [0.717, 1.165) is 35.3 Å². The molecule has 0 radical (unpaired) electrons. The van der Waals surface area contributed by atoms with Crippen molar-refractivity contribution in [1.82, 2.24) is 4.98 Å². The zero-order valence-corrected chi connectivity index (χ0v) is 15.7. The van der Waals surface area contributed by atoms with Crippen LogP contribution >= 0.6 is 11.8 Å². The first-order valence-electron chi connectivity index (χ1n) is 8.56. The number of aliphatic hydroxyl groups is 1. The first-order valence-corrected chi connectivity index (χ1v) is 9.71. The number of fused-ring (bicyclic) bond motifs is 1. The number of nitrogens with zero attached hydrogens (tertiary/aromatic N) is 1. The average Bonchev–Trinajstić information content (AvgIpc) is 2.97. The van der Waals surface area contributed by atoms with Gasteiger partial charge in [0.15, 0.2) is 5.60 Å². The van der Waals surface area contributed by atoms with Crippen molar-refractivity contribution < 1.29 is 19.4 Å². The van der Waals surface area contributed by atoms with E-state index in [9.17, 15) is 15.0 Å². The molecule has 2 heterocycles. The Labute approximate surface area is 151 Å². The van der Waals surface area contributed by atoms with Crippen molar-refractivity contribution >= 4 is 28.7 Å². The first-order chi connectivity index (χ1) is 11.9. The number of carboxylic acid groups (broad SMARTS) is 1. The van der Waals surface area contributed by atoms with E-state index < -0.39 is 17.6 Å². The van der Waals surface area contributed by atoms with Crippen molar-refractivity contribution in [2.45, 2.75) is 51.7 Å². The Hall–Kier alpha value is -1.57. The van der Waals surface area contributed by atoms with Crippen LogP contribution < -0.4 is 5.73 Å². The topological polar surface area (TPSA) is 110 Å². The Bertz CT molecular complexity index is 746. The molecule has 2 aromatic rings. The van der Waals surface area contributed by atoms with Gasteiger partial charge in [-0.3, -0.25) is 4.98 Å². The summed E-state index contributed by atoms with van der Waals surface area (Å²) in [4.78, 5) is 16.1. The van der Waals surface area contributed by atoms with Crippen molar-refractivity contribution in [3.05, 3.63) is 29.3 Å². The molecule has 2 atom stereocenters. The molecule has 2 aromatic heterocycles. The molecule has 0 aliphatic carbocycles. The maximum atomic E-state index is 11.8. The number of furan rings is 1. The summed E-state index contributed by atoms with van der Waals surface area (Å²) < 4.78 is 5.88. The van der Waals surface area contributed by atoms with Crippen LogP contribution in [0.25, 0.3) is 11.0 Å². The van der Waals surface area contributed by atoms with Crippen LogP contribution in [0.15, 0.2) is 16.7 Å². The summed E-state index contributed by atoms with van der Waals surface area (Å²) in [7, 11) is 0. The largest absolute Gasteiger partial charge is 0.479 e. The highest BCUT2D eigenvalue weighted by Gasteiger charge is 2.43. The predicted molar refractivity (Wildman–Crippen MR) is 100 cm³/mol. The number of hydrogen-bond donors (Lipinski definition) is 3. The molecule has 2 rings (SSSR count). The molecule has 0 amide bonds. The number of aryl methyl sites for hydroxylation is 2. The number of carbonyl (C=O) groups is 1. The summed E-state index contributed by atoms with van der Waals surface area (Å²) in [5, 5.41) is 21.2. The van der Waals surface area contributed by atoms with Crippen molar-refractivity contribution in [2.24, 2.45) is 5.73 Å². The lowest BCUT2D eigenvalue weighted by atomic mass is 9.88. The molecule has 0 spiro atoms. The minimum absolute atomic E-state index is 0.152. The van der Waals surface area contributed by atoms with Gasteiger partial charge < -0.3 is 20.4 Å². The molecule has 0 aliphatic heterocycles. The van der Waals surface area contributed by atoms with E-state index in [1.165, 1.54) is 11.8 Å². The van der Waals surface area contributed by atoms with Gasteiger partial charge >= 0.3 is 5.97 Å². The third kappa shape index (κ3) is 3.83. The van der Waals surface area contributed by atoms with E-state index in [1.807, 2.05) is 20.8 Å². The van der Waals surface area contributed by atoms with Gasteiger partial charge in [-0.25, -0.2) is 4.79 Å². The number of pyridine rings is 1. The third-order valence-corrected chi connectivity index (χ3v) is 5.46. The van der Waals surface area contributed by atoms with E-state index in [-0.39, 0.29) is 6.42 Å². The van der Waals surface area contributed by atoms with Gasteiger partial charge in [0.1, 0.15) is 11.3 Å². The van der Waals surface area contributed by atoms with Crippen molar-refractivity contribution in [3.8, 4) is 0 Å². The summed E-state index contributed by atoms with van der Waals surface area (Å²) in [5.74, 6) is 0.713. The first kappa shape index (κ1) is 19.8. The monoisotopic (exact) mass is 366 g/mol. The third-order valence-electron chi connectivity index (χ3n) is 4.46. The Kier molecular flexibility index (Phi) is 6.48. The molecule has 0 saturated carbocycles. The van der Waals surface area contributed by atoms with Crippen molar-refractivity contribution in [3.63, 3.8) is 0 Å². The molecule has 6 nitrogen and oxygen atoms in total. The molecule has 4 N–H and O–H groups in total. The van der Waals surface area contributed by atoms with Gasteiger partial charge in [0.25, 0.3) is 0 Å². The number of rotatable bonds is 9. The zero-order chi connectivity index (χ0) is 18.6. The van der Waals surface area contributed by atoms with Crippen LogP contribution in [0.3, 0.4) is 0 Å². The van der Waals surface area contributed by atoms with Gasteiger partial charge in [-0.1, -0.05) is 20.8 Å². The molecule has 0 fully saturated rings. The summed E-state index contributed by atoms with van der Waals surface area (Å²) in [6, 6.07) is 0.874. The molecular formula is C18H26N2O4S. The summed E-state index contributed by atoms with van der Waals surface area (Å²) in [5.41, 5.74) is 6.16. The molecule has 0 bridgehead atoms. The van der Waals surface area contributed by atoms with E-state index in [2.05, 4.69) is 4.98 Å².